The monoisotopic (exact) mass is 303 g/mol. The molecule has 0 unspecified atom stereocenters. The van der Waals surface area contributed by atoms with Gasteiger partial charge in [0.25, 0.3) is 0 Å². The molecule has 0 amide bonds. The molecule has 6 nitrogen and oxygen atoms in total. The second-order valence-electron chi connectivity index (χ2n) is 4.11. The first-order valence-corrected chi connectivity index (χ1v) is 6.28. The Balaban J connectivity index is 2.37. The van der Waals surface area contributed by atoms with Gasteiger partial charge in [-0.2, -0.15) is 5.26 Å². The van der Waals surface area contributed by atoms with Gasteiger partial charge in [-0.05, 0) is 29.8 Å². The summed E-state index contributed by atoms with van der Waals surface area (Å²) in [5, 5.41) is 20.2. The number of hydrogen-bond donors (Lipinski definition) is 1. The van der Waals surface area contributed by atoms with Crippen LogP contribution in [0.5, 0.6) is 11.5 Å². The van der Waals surface area contributed by atoms with Crippen LogP contribution >= 0.6 is 11.6 Å². The molecule has 7 heteroatoms. The molecule has 2 rings (SSSR count). The fourth-order valence-electron chi connectivity index (χ4n) is 1.70. The van der Waals surface area contributed by atoms with E-state index in [2.05, 4.69) is 0 Å². The summed E-state index contributed by atoms with van der Waals surface area (Å²) in [6, 6.07) is 10.7. The van der Waals surface area contributed by atoms with Crippen molar-refractivity contribution in [2.24, 2.45) is 5.73 Å². The molecule has 106 valence electrons. The normalized spacial score (nSPS) is 9.95. The third kappa shape index (κ3) is 3.28. The van der Waals surface area contributed by atoms with Crippen molar-refractivity contribution in [1.29, 1.82) is 5.26 Å². The van der Waals surface area contributed by atoms with Crippen LogP contribution < -0.4 is 10.5 Å². The minimum Gasteiger partial charge on any atom is -0.450 e. The number of rotatable bonds is 4. The van der Waals surface area contributed by atoms with Gasteiger partial charge in [0.2, 0.25) is 5.75 Å². The fourth-order valence-corrected chi connectivity index (χ4v) is 1.95. The van der Waals surface area contributed by atoms with Crippen molar-refractivity contribution < 1.29 is 9.66 Å². The van der Waals surface area contributed by atoms with Crippen molar-refractivity contribution in [3.8, 4) is 17.6 Å². The molecule has 0 radical (unpaired) electrons. The van der Waals surface area contributed by atoms with E-state index in [1.165, 1.54) is 18.2 Å². The van der Waals surface area contributed by atoms with E-state index < -0.39 is 4.92 Å². The SMILES string of the molecule is N#Cc1ccc(Oc2ccc(CN)c(Cl)c2)c([N+](=O)[O-])c1. The van der Waals surface area contributed by atoms with Crippen LogP contribution in [-0.2, 0) is 6.54 Å². The van der Waals surface area contributed by atoms with Gasteiger partial charge in [-0.25, -0.2) is 0 Å². The minimum absolute atomic E-state index is 0.0376. The van der Waals surface area contributed by atoms with Gasteiger partial charge in [0.1, 0.15) is 5.75 Å². The topological polar surface area (TPSA) is 102 Å². The predicted molar refractivity (Wildman–Crippen MR) is 77.2 cm³/mol. The summed E-state index contributed by atoms with van der Waals surface area (Å²) in [5.74, 6) is 0.389. The number of nitrogens with two attached hydrogens (primary N) is 1. The smallest absolute Gasteiger partial charge is 0.312 e. The summed E-state index contributed by atoms with van der Waals surface area (Å²) in [4.78, 5) is 10.4. The summed E-state index contributed by atoms with van der Waals surface area (Å²) in [5.41, 5.74) is 6.15. The summed E-state index contributed by atoms with van der Waals surface area (Å²) < 4.78 is 5.47. The maximum Gasteiger partial charge on any atom is 0.312 e. The van der Waals surface area contributed by atoms with E-state index in [4.69, 9.17) is 27.3 Å². The van der Waals surface area contributed by atoms with E-state index in [0.717, 1.165) is 11.6 Å². The Bertz CT molecular complexity index is 741. The van der Waals surface area contributed by atoms with Gasteiger partial charge >= 0.3 is 5.69 Å². The summed E-state index contributed by atoms with van der Waals surface area (Å²) in [6.45, 7) is 0.288. The molecule has 0 aromatic heterocycles. The minimum atomic E-state index is -0.605. The summed E-state index contributed by atoms with van der Waals surface area (Å²) in [6.07, 6.45) is 0. The van der Waals surface area contributed by atoms with Crippen molar-refractivity contribution in [2.75, 3.05) is 0 Å². The molecular weight excluding hydrogens is 294 g/mol. The molecule has 21 heavy (non-hydrogen) atoms. The van der Waals surface area contributed by atoms with E-state index in [0.29, 0.717) is 10.8 Å². The van der Waals surface area contributed by atoms with Crippen LogP contribution in [0.25, 0.3) is 0 Å². The largest absolute Gasteiger partial charge is 0.450 e. The van der Waals surface area contributed by atoms with E-state index in [1.807, 2.05) is 6.07 Å². The molecule has 0 saturated heterocycles. The average Bonchev–Trinajstić information content (AvgIpc) is 2.47. The fraction of sp³-hybridized carbons (Fsp3) is 0.0714. The van der Waals surface area contributed by atoms with Crippen LogP contribution in [0.15, 0.2) is 36.4 Å². The first kappa shape index (κ1) is 14.8. The average molecular weight is 304 g/mol. The molecule has 0 atom stereocenters. The van der Waals surface area contributed by atoms with Crippen LogP contribution in [0.1, 0.15) is 11.1 Å². The van der Waals surface area contributed by atoms with Crippen molar-refractivity contribution in [2.45, 2.75) is 6.54 Å². The van der Waals surface area contributed by atoms with Gasteiger partial charge < -0.3 is 10.5 Å². The molecule has 2 aromatic rings. The van der Waals surface area contributed by atoms with Gasteiger partial charge in [0.05, 0.1) is 16.6 Å². The van der Waals surface area contributed by atoms with Crippen molar-refractivity contribution >= 4 is 17.3 Å². The molecule has 0 fully saturated rings. The third-order valence-corrected chi connectivity index (χ3v) is 3.11. The Morgan fingerprint density at radius 3 is 2.67 bits per heavy atom. The molecule has 0 spiro atoms. The van der Waals surface area contributed by atoms with Gasteiger partial charge in [0.15, 0.2) is 0 Å². The van der Waals surface area contributed by atoms with Gasteiger partial charge in [-0.15, -0.1) is 0 Å². The highest BCUT2D eigenvalue weighted by Crippen LogP contribution is 2.33. The van der Waals surface area contributed by atoms with Crippen LogP contribution in [0.3, 0.4) is 0 Å². The van der Waals surface area contributed by atoms with Crippen molar-refractivity contribution in [3.05, 3.63) is 62.7 Å². The molecule has 0 aliphatic carbocycles. The Morgan fingerprint density at radius 1 is 1.33 bits per heavy atom. The zero-order valence-corrected chi connectivity index (χ0v) is 11.5. The van der Waals surface area contributed by atoms with Crippen molar-refractivity contribution in [1.82, 2.24) is 0 Å². The lowest BCUT2D eigenvalue weighted by atomic mass is 10.2. The molecule has 2 aromatic carbocycles. The van der Waals surface area contributed by atoms with Gasteiger partial charge in [0, 0.05) is 17.6 Å². The number of halogens is 1. The molecule has 0 aliphatic heterocycles. The summed E-state index contributed by atoms with van der Waals surface area (Å²) >= 11 is 6.01. The highest BCUT2D eigenvalue weighted by molar-refractivity contribution is 6.31. The summed E-state index contributed by atoms with van der Waals surface area (Å²) in [7, 11) is 0. The number of nitro benzene ring substituents is 1. The number of nitriles is 1. The second-order valence-corrected chi connectivity index (χ2v) is 4.52. The lowest BCUT2D eigenvalue weighted by Gasteiger charge is -2.08. The first-order chi connectivity index (χ1) is 10.0. The number of hydrogen-bond acceptors (Lipinski definition) is 5. The molecule has 0 bridgehead atoms. The molecule has 2 N–H and O–H groups in total. The molecule has 0 heterocycles. The third-order valence-electron chi connectivity index (χ3n) is 2.76. The van der Waals surface area contributed by atoms with E-state index in [9.17, 15) is 10.1 Å². The molecular formula is C14H10ClN3O3. The van der Waals surface area contributed by atoms with Crippen LogP contribution in [0.4, 0.5) is 5.69 Å². The lowest BCUT2D eigenvalue weighted by molar-refractivity contribution is -0.385. The maximum absolute atomic E-state index is 11.0. The predicted octanol–water partition coefficient (Wildman–Crippen LogP) is 3.37. The first-order valence-electron chi connectivity index (χ1n) is 5.90. The molecule has 0 saturated carbocycles. The number of benzene rings is 2. The number of ether oxygens (including phenoxy) is 1. The highest BCUT2D eigenvalue weighted by atomic mass is 35.5. The van der Waals surface area contributed by atoms with E-state index in [-0.39, 0.29) is 23.5 Å². The Kier molecular flexibility index (Phi) is 4.38. The second kappa shape index (κ2) is 6.22. The zero-order chi connectivity index (χ0) is 15.4. The van der Waals surface area contributed by atoms with E-state index >= 15 is 0 Å². The maximum atomic E-state index is 11.0. The highest BCUT2D eigenvalue weighted by Gasteiger charge is 2.17. The lowest BCUT2D eigenvalue weighted by Crippen LogP contribution is -1.98. The standard InChI is InChI=1S/C14H10ClN3O3/c15-12-6-11(3-2-10(12)8-17)21-14-4-1-9(7-16)5-13(14)18(19)20/h1-6H,8,17H2. The van der Waals surface area contributed by atoms with Crippen LogP contribution in [0.2, 0.25) is 5.02 Å². The Hall–Kier alpha value is -2.62. The number of nitro groups is 1. The Morgan fingerprint density at radius 2 is 2.10 bits per heavy atom. The number of nitrogens with zero attached hydrogens (tertiary/aromatic N) is 2. The van der Waals surface area contributed by atoms with E-state index in [1.54, 1.807) is 12.1 Å². The zero-order valence-electron chi connectivity index (χ0n) is 10.7. The van der Waals surface area contributed by atoms with Gasteiger partial charge in [-0.1, -0.05) is 17.7 Å². The van der Waals surface area contributed by atoms with Crippen LogP contribution in [0, 0.1) is 21.4 Å². The van der Waals surface area contributed by atoms with Gasteiger partial charge in [-0.3, -0.25) is 10.1 Å². The quantitative estimate of drug-likeness (QED) is 0.689. The molecule has 0 aliphatic rings. The van der Waals surface area contributed by atoms with Crippen LogP contribution in [-0.4, -0.2) is 4.92 Å². The van der Waals surface area contributed by atoms with Crippen molar-refractivity contribution in [3.63, 3.8) is 0 Å². The Labute approximate surface area is 125 Å².